The molecule has 0 bridgehead atoms. The van der Waals surface area contributed by atoms with Crippen LogP contribution in [0.3, 0.4) is 0 Å². The van der Waals surface area contributed by atoms with Crippen molar-refractivity contribution in [2.75, 3.05) is 0 Å². The summed E-state index contributed by atoms with van der Waals surface area (Å²) >= 11 is 6.26. The van der Waals surface area contributed by atoms with Gasteiger partial charge in [-0.05, 0) is 0 Å². The van der Waals surface area contributed by atoms with Crippen molar-refractivity contribution in [2.24, 2.45) is 0 Å². The molecule has 1 aliphatic rings. The zero-order chi connectivity index (χ0) is 8.16. The predicted molar refractivity (Wildman–Crippen MR) is 60.9 cm³/mol. The van der Waals surface area contributed by atoms with Crippen molar-refractivity contribution >= 4 is 39.3 Å². The molecule has 1 aliphatic heterocycles. The van der Waals surface area contributed by atoms with Crippen molar-refractivity contribution in [3.63, 3.8) is 0 Å². The first-order chi connectivity index (χ1) is 5.21. The molecule has 0 N–H and O–H groups in total. The number of rotatable bonds is 0. The van der Waals surface area contributed by atoms with Crippen LogP contribution in [0.25, 0.3) is 0 Å². The fraction of sp³-hybridized carbons (Fsp3) is 1.00. The number of hydrogen-bond acceptors (Lipinski definition) is 0. The van der Waals surface area contributed by atoms with E-state index < -0.39 is 13.8 Å². The molecule has 0 aromatic heterocycles. The van der Waals surface area contributed by atoms with Gasteiger partial charge in [-0.3, -0.25) is 0 Å². The summed E-state index contributed by atoms with van der Waals surface area (Å²) in [5.41, 5.74) is 0. The van der Waals surface area contributed by atoms with Crippen molar-refractivity contribution in [1.29, 1.82) is 0 Å². The molecular weight excluding hydrogens is 383 g/mol. The van der Waals surface area contributed by atoms with E-state index in [1.54, 1.807) is 0 Å². The Labute approximate surface area is 85.9 Å². The molecule has 0 aromatic carbocycles. The van der Waals surface area contributed by atoms with E-state index in [1.165, 1.54) is 47.5 Å². The Morgan fingerprint density at radius 1 is 0.636 bits per heavy atom. The first kappa shape index (κ1) is 10.8. The normalized spacial score (nSPS) is 29.6. The van der Waals surface area contributed by atoms with Crippen LogP contribution in [0.5, 0.6) is 0 Å². The summed E-state index contributed by atoms with van der Waals surface area (Å²) in [6.45, 7) is 0. The Morgan fingerprint density at radius 2 is 1.00 bits per heavy atom. The third-order valence-corrected chi connectivity index (χ3v) is 15.9. The number of hydrogen-bond donors (Lipinski definition) is 0. The first-order valence-corrected chi connectivity index (χ1v) is 18.1. The van der Waals surface area contributed by atoms with Gasteiger partial charge in [-0.1, -0.05) is 0 Å². The van der Waals surface area contributed by atoms with E-state index in [-0.39, 0.29) is 0 Å². The van der Waals surface area contributed by atoms with Crippen molar-refractivity contribution in [1.82, 2.24) is 0 Å². The van der Waals surface area contributed by atoms with Crippen LogP contribution in [0.15, 0.2) is 0 Å². The van der Waals surface area contributed by atoms with E-state index in [2.05, 4.69) is 25.5 Å². The van der Waals surface area contributed by atoms with Crippen LogP contribution in [-0.2, 0) is 0 Å². The molecule has 1 fully saturated rings. The van der Waals surface area contributed by atoms with Gasteiger partial charge >= 0.3 is 86.7 Å². The summed E-state index contributed by atoms with van der Waals surface area (Å²) in [5.74, 6) is 0. The van der Waals surface area contributed by atoms with Crippen molar-refractivity contribution in [2.45, 2.75) is 47.5 Å². The monoisotopic (exact) mass is 400 g/mol. The van der Waals surface area contributed by atoms with Gasteiger partial charge in [0, 0.05) is 0 Å². The van der Waals surface area contributed by atoms with E-state index in [0.29, 0.717) is 0 Å². The molecule has 11 heavy (non-hydrogen) atoms. The second-order valence-electron chi connectivity index (χ2n) is 3.23. The van der Waals surface area contributed by atoms with Crippen LogP contribution < -0.4 is 0 Å². The maximum atomic E-state index is 3.92. The van der Waals surface area contributed by atoms with Gasteiger partial charge in [-0.2, -0.15) is 0 Å². The standard InChI is InChI=1S/C8H16Br2Te/c9-11(10)7-5-3-1-2-4-6-8-11/h1-8H2. The SMILES string of the molecule is Br[Te]1(Br)CCCCCCCC1. The summed E-state index contributed by atoms with van der Waals surface area (Å²) in [4.78, 5) is 0. The number of halogens is 2. The third kappa shape index (κ3) is 5.13. The van der Waals surface area contributed by atoms with Crippen LogP contribution >= 0.6 is 25.5 Å². The zero-order valence-corrected chi connectivity index (χ0v) is 12.3. The van der Waals surface area contributed by atoms with Gasteiger partial charge in [0.2, 0.25) is 0 Å². The summed E-state index contributed by atoms with van der Waals surface area (Å²) in [7, 11) is 0. The van der Waals surface area contributed by atoms with Crippen LogP contribution in [0.1, 0.15) is 38.5 Å². The second kappa shape index (κ2) is 5.47. The Kier molecular flexibility index (Phi) is 5.39. The molecule has 0 nitrogen and oxygen atoms in total. The first-order valence-electron chi connectivity index (χ1n) is 4.39. The molecule has 0 unspecified atom stereocenters. The van der Waals surface area contributed by atoms with Crippen LogP contribution in [-0.4, -0.2) is 13.8 Å². The predicted octanol–water partition coefficient (Wildman–Crippen LogP) is 4.57. The minimum atomic E-state index is -1.58. The van der Waals surface area contributed by atoms with Gasteiger partial charge in [0.25, 0.3) is 0 Å². The molecule has 3 heteroatoms. The molecule has 0 radical (unpaired) electrons. The van der Waals surface area contributed by atoms with Crippen molar-refractivity contribution in [3.05, 3.63) is 0 Å². The van der Waals surface area contributed by atoms with E-state index in [1.807, 2.05) is 0 Å². The molecule has 1 rings (SSSR count). The summed E-state index contributed by atoms with van der Waals surface area (Å²) in [6, 6.07) is 0. The minimum absolute atomic E-state index is 1.46. The summed E-state index contributed by atoms with van der Waals surface area (Å²) in [6.07, 6.45) is 8.78. The average molecular weight is 400 g/mol. The van der Waals surface area contributed by atoms with E-state index >= 15 is 0 Å². The van der Waals surface area contributed by atoms with E-state index in [9.17, 15) is 0 Å². The third-order valence-electron chi connectivity index (χ3n) is 2.14. The Balaban J connectivity index is 2.31. The molecular formula is C8H16Br2Te. The molecule has 0 aromatic rings. The average Bonchev–Trinajstić information content (AvgIpc) is 2.00. The Bertz CT molecular complexity index is 103. The van der Waals surface area contributed by atoms with Gasteiger partial charge in [-0.15, -0.1) is 0 Å². The van der Waals surface area contributed by atoms with Crippen LogP contribution in [0.4, 0.5) is 0 Å². The van der Waals surface area contributed by atoms with Gasteiger partial charge in [0.05, 0.1) is 0 Å². The van der Waals surface area contributed by atoms with Gasteiger partial charge < -0.3 is 0 Å². The Morgan fingerprint density at radius 3 is 1.45 bits per heavy atom. The van der Waals surface area contributed by atoms with E-state index in [4.69, 9.17) is 0 Å². The topological polar surface area (TPSA) is 0 Å². The molecule has 0 amide bonds. The molecule has 0 aliphatic carbocycles. The maximum absolute atomic E-state index is 3.92. The van der Waals surface area contributed by atoms with Crippen LogP contribution in [0, 0.1) is 0 Å². The van der Waals surface area contributed by atoms with Gasteiger partial charge in [-0.25, -0.2) is 0 Å². The molecule has 1 heterocycles. The van der Waals surface area contributed by atoms with Gasteiger partial charge in [0.15, 0.2) is 0 Å². The fourth-order valence-electron chi connectivity index (χ4n) is 1.44. The molecule has 0 spiro atoms. The van der Waals surface area contributed by atoms with E-state index in [0.717, 1.165) is 0 Å². The van der Waals surface area contributed by atoms with Crippen molar-refractivity contribution in [3.8, 4) is 0 Å². The molecule has 68 valence electrons. The van der Waals surface area contributed by atoms with Gasteiger partial charge in [0.1, 0.15) is 0 Å². The Hall–Kier alpha value is 1.75. The zero-order valence-electron chi connectivity index (χ0n) is 6.82. The quantitative estimate of drug-likeness (QED) is 0.523. The molecule has 0 saturated carbocycles. The van der Waals surface area contributed by atoms with Crippen molar-refractivity contribution < 1.29 is 0 Å². The summed E-state index contributed by atoms with van der Waals surface area (Å²) in [5, 5.41) is 0. The summed E-state index contributed by atoms with van der Waals surface area (Å²) < 4.78 is 2.95. The molecule has 0 atom stereocenters. The fourth-order valence-corrected chi connectivity index (χ4v) is 11.7. The second-order valence-corrected chi connectivity index (χ2v) is 32.0. The van der Waals surface area contributed by atoms with Crippen LogP contribution in [0.2, 0.25) is 8.94 Å². The molecule has 1 saturated heterocycles.